The molecule has 0 spiro atoms. The molecule has 0 aliphatic heterocycles. The van der Waals surface area contributed by atoms with Crippen molar-refractivity contribution in [2.45, 2.75) is 0 Å². The quantitative estimate of drug-likeness (QED) is 0.940. The van der Waals surface area contributed by atoms with Gasteiger partial charge in [0, 0.05) is 11.8 Å². The van der Waals surface area contributed by atoms with Gasteiger partial charge in [0.1, 0.15) is 0 Å². The number of ether oxygens (including phenoxy) is 1. The summed E-state index contributed by atoms with van der Waals surface area (Å²) in [5.74, 6) is 0.0284. The summed E-state index contributed by atoms with van der Waals surface area (Å²) in [5.41, 5.74) is 0.940. The Balaban J connectivity index is 2.25. The second kappa shape index (κ2) is 5.91. The molecule has 19 heavy (non-hydrogen) atoms. The molecule has 0 bridgehead atoms. The van der Waals surface area contributed by atoms with Crippen LogP contribution in [0.1, 0.15) is 10.4 Å². The van der Waals surface area contributed by atoms with E-state index in [1.54, 1.807) is 24.5 Å². The minimum absolute atomic E-state index is 0.284. The predicted octanol–water partition coefficient (Wildman–Crippen LogP) is 3.65. The summed E-state index contributed by atoms with van der Waals surface area (Å²) >= 11 is 12.0. The third kappa shape index (κ3) is 3.16. The molecule has 6 heteroatoms. The average molecular weight is 297 g/mol. The fraction of sp³-hybridized carbons (Fsp3) is 0.0769. The molecule has 2 rings (SSSR count). The summed E-state index contributed by atoms with van der Waals surface area (Å²) in [6.07, 6.45) is 3.17. The SMILES string of the molecule is COc1c(Cl)cc(C(=O)Nc2cccnc2)cc1Cl. The Morgan fingerprint density at radius 1 is 1.32 bits per heavy atom. The number of pyridine rings is 1. The maximum Gasteiger partial charge on any atom is 0.255 e. The highest BCUT2D eigenvalue weighted by Gasteiger charge is 2.13. The third-order valence-corrected chi connectivity index (χ3v) is 2.95. The van der Waals surface area contributed by atoms with Crippen molar-refractivity contribution >= 4 is 34.8 Å². The molecule has 1 N–H and O–H groups in total. The number of methoxy groups -OCH3 is 1. The van der Waals surface area contributed by atoms with Crippen LogP contribution in [0.3, 0.4) is 0 Å². The van der Waals surface area contributed by atoms with E-state index in [0.717, 1.165) is 0 Å². The summed E-state index contributed by atoms with van der Waals surface area (Å²) in [7, 11) is 1.46. The van der Waals surface area contributed by atoms with Gasteiger partial charge in [-0.1, -0.05) is 23.2 Å². The Morgan fingerprint density at radius 3 is 2.53 bits per heavy atom. The number of benzene rings is 1. The number of halogens is 2. The van der Waals surface area contributed by atoms with Crippen molar-refractivity contribution in [1.82, 2.24) is 4.98 Å². The summed E-state index contributed by atoms with van der Waals surface area (Å²) < 4.78 is 5.02. The first-order valence-electron chi connectivity index (χ1n) is 5.36. The first-order chi connectivity index (χ1) is 9.11. The lowest BCUT2D eigenvalue weighted by molar-refractivity contribution is 0.102. The number of hydrogen-bond donors (Lipinski definition) is 1. The molecule has 1 heterocycles. The maximum atomic E-state index is 12.0. The first-order valence-corrected chi connectivity index (χ1v) is 6.12. The number of nitrogens with one attached hydrogen (secondary N) is 1. The largest absolute Gasteiger partial charge is 0.494 e. The minimum Gasteiger partial charge on any atom is -0.494 e. The second-order valence-corrected chi connectivity index (χ2v) is 4.48. The van der Waals surface area contributed by atoms with Gasteiger partial charge in [0.2, 0.25) is 0 Å². The van der Waals surface area contributed by atoms with Crippen molar-refractivity contribution < 1.29 is 9.53 Å². The predicted molar refractivity (Wildman–Crippen MR) is 75.2 cm³/mol. The molecule has 0 aliphatic rings. The van der Waals surface area contributed by atoms with Crippen LogP contribution in [0, 0.1) is 0 Å². The van der Waals surface area contributed by atoms with Crippen molar-refractivity contribution in [3.8, 4) is 5.75 Å². The zero-order valence-corrected chi connectivity index (χ0v) is 11.5. The van der Waals surface area contributed by atoms with Crippen LogP contribution in [0.25, 0.3) is 0 Å². The molecule has 98 valence electrons. The molecule has 0 saturated carbocycles. The summed E-state index contributed by atoms with van der Waals surface area (Å²) in [6.45, 7) is 0. The van der Waals surface area contributed by atoms with Gasteiger partial charge in [-0.3, -0.25) is 9.78 Å². The van der Waals surface area contributed by atoms with Crippen molar-refractivity contribution in [1.29, 1.82) is 0 Å². The Hall–Kier alpha value is -1.78. The van der Waals surface area contributed by atoms with Gasteiger partial charge in [-0.05, 0) is 24.3 Å². The average Bonchev–Trinajstić information content (AvgIpc) is 2.39. The fourth-order valence-electron chi connectivity index (χ4n) is 1.53. The number of nitrogens with zero attached hydrogens (tertiary/aromatic N) is 1. The number of carbonyl (C=O) groups excluding carboxylic acids is 1. The fourth-order valence-corrected chi connectivity index (χ4v) is 2.17. The highest BCUT2D eigenvalue weighted by molar-refractivity contribution is 6.37. The van der Waals surface area contributed by atoms with E-state index >= 15 is 0 Å². The van der Waals surface area contributed by atoms with E-state index < -0.39 is 0 Å². The third-order valence-electron chi connectivity index (χ3n) is 2.38. The zero-order valence-electron chi connectivity index (χ0n) is 9.98. The van der Waals surface area contributed by atoms with Gasteiger partial charge in [-0.2, -0.15) is 0 Å². The van der Waals surface area contributed by atoms with Gasteiger partial charge in [0.05, 0.1) is 29.0 Å². The van der Waals surface area contributed by atoms with Crippen molar-refractivity contribution in [3.05, 3.63) is 52.3 Å². The van der Waals surface area contributed by atoms with E-state index in [9.17, 15) is 4.79 Å². The number of aromatic nitrogens is 1. The molecule has 0 aliphatic carbocycles. The normalized spacial score (nSPS) is 10.1. The molecular formula is C13H10Cl2N2O2. The number of carbonyl (C=O) groups is 1. The molecule has 0 unspecified atom stereocenters. The van der Waals surface area contributed by atoms with Gasteiger partial charge in [-0.15, -0.1) is 0 Å². The van der Waals surface area contributed by atoms with Crippen LogP contribution in [0.15, 0.2) is 36.7 Å². The van der Waals surface area contributed by atoms with E-state index in [4.69, 9.17) is 27.9 Å². The van der Waals surface area contributed by atoms with Crippen LogP contribution in [0.2, 0.25) is 10.0 Å². The lowest BCUT2D eigenvalue weighted by atomic mass is 10.2. The number of hydrogen-bond acceptors (Lipinski definition) is 3. The zero-order chi connectivity index (χ0) is 13.8. The van der Waals surface area contributed by atoms with Gasteiger partial charge in [-0.25, -0.2) is 0 Å². The Morgan fingerprint density at radius 2 is 2.00 bits per heavy atom. The Bertz CT molecular complexity index is 580. The smallest absolute Gasteiger partial charge is 0.255 e. The molecule has 1 amide bonds. The van der Waals surface area contributed by atoms with Crippen LogP contribution in [-0.4, -0.2) is 18.0 Å². The molecular weight excluding hydrogens is 287 g/mol. The van der Waals surface area contributed by atoms with Crippen molar-refractivity contribution in [3.63, 3.8) is 0 Å². The second-order valence-electron chi connectivity index (χ2n) is 3.67. The van der Waals surface area contributed by atoms with Crippen LogP contribution in [0.5, 0.6) is 5.75 Å². The lowest BCUT2D eigenvalue weighted by Crippen LogP contribution is -2.12. The topological polar surface area (TPSA) is 51.2 Å². The van der Waals surface area contributed by atoms with E-state index in [1.807, 2.05) is 0 Å². The number of anilines is 1. The summed E-state index contributed by atoms with van der Waals surface area (Å²) in [6, 6.07) is 6.46. The standard InChI is InChI=1S/C13H10Cl2N2O2/c1-19-12-10(14)5-8(6-11(12)15)13(18)17-9-3-2-4-16-7-9/h2-7H,1H3,(H,17,18). The molecule has 4 nitrogen and oxygen atoms in total. The summed E-state index contributed by atoms with van der Waals surface area (Å²) in [4.78, 5) is 15.9. The van der Waals surface area contributed by atoms with Crippen LogP contribution in [-0.2, 0) is 0 Å². The Labute approximate surface area is 120 Å². The monoisotopic (exact) mass is 296 g/mol. The van der Waals surface area contributed by atoms with E-state index in [2.05, 4.69) is 10.3 Å². The molecule has 0 fully saturated rings. The number of amides is 1. The minimum atomic E-state index is -0.320. The maximum absolute atomic E-state index is 12.0. The van der Waals surface area contributed by atoms with Gasteiger partial charge in [0.15, 0.2) is 5.75 Å². The Kier molecular flexibility index (Phi) is 4.24. The van der Waals surface area contributed by atoms with Crippen molar-refractivity contribution in [2.24, 2.45) is 0 Å². The van der Waals surface area contributed by atoms with E-state index in [0.29, 0.717) is 17.0 Å². The molecule has 0 atom stereocenters. The molecule has 1 aromatic heterocycles. The lowest BCUT2D eigenvalue weighted by Gasteiger charge is -2.09. The molecule has 0 saturated heterocycles. The van der Waals surface area contributed by atoms with Gasteiger partial charge >= 0.3 is 0 Å². The van der Waals surface area contributed by atoms with Gasteiger partial charge < -0.3 is 10.1 Å². The van der Waals surface area contributed by atoms with Crippen LogP contribution in [0.4, 0.5) is 5.69 Å². The highest BCUT2D eigenvalue weighted by Crippen LogP contribution is 2.33. The summed E-state index contributed by atoms with van der Waals surface area (Å²) in [5, 5.41) is 3.26. The number of rotatable bonds is 3. The molecule has 2 aromatic rings. The van der Waals surface area contributed by atoms with Crippen LogP contribution >= 0.6 is 23.2 Å². The molecule has 0 radical (unpaired) electrons. The van der Waals surface area contributed by atoms with E-state index in [-0.39, 0.29) is 16.0 Å². The highest BCUT2D eigenvalue weighted by atomic mass is 35.5. The first kappa shape index (κ1) is 13.6. The van der Waals surface area contributed by atoms with Crippen LogP contribution < -0.4 is 10.1 Å². The molecule has 1 aromatic carbocycles. The van der Waals surface area contributed by atoms with Crippen molar-refractivity contribution in [2.75, 3.05) is 12.4 Å². The van der Waals surface area contributed by atoms with Gasteiger partial charge in [0.25, 0.3) is 5.91 Å². The van der Waals surface area contributed by atoms with E-state index in [1.165, 1.54) is 19.2 Å².